The number of nitrogens with two attached hydrogens (primary N) is 1. The molecule has 0 radical (unpaired) electrons. The van der Waals surface area contributed by atoms with Gasteiger partial charge in [-0.2, -0.15) is 5.10 Å². The average molecular weight is 425 g/mol. The monoisotopic (exact) mass is 424 g/mol. The van der Waals surface area contributed by atoms with Crippen LogP contribution in [0.25, 0.3) is 11.3 Å². The van der Waals surface area contributed by atoms with E-state index in [0.29, 0.717) is 17.4 Å². The Balaban J connectivity index is 1.75. The van der Waals surface area contributed by atoms with Crippen molar-refractivity contribution in [2.24, 2.45) is 10.9 Å². The lowest BCUT2D eigenvalue weighted by Crippen LogP contribution is -2.29. The molecular formula is C27H28N4O. The van der Waals surface area contributed by atoms with Crippen LogP contribution in [0.3, 0.4) is 0 Å². The molecule has 2 aliphatic carbocycles. The minimum atomic E-state index is 0.0237. The molecule has 1 heterocycles. The van der Waals surface area contributed by atoms with Crippen molar-refractivity contribution in [2.45, 2.75) is 26.4 Å². The number of aromatic nitrogens is 2. The number of aromatic amines is 1. The van der Waals surface area contributed by atoms with Crippen LogP contribution in [0, 0.1) is 5.92 Å². The standard InChI is InChI=1S/C27H28N4O/c1-18-10-8-9-13-23(18)32-22-16-14-21(15-17-22)26(29-3)24-25(30-31-27(24)28)19(2)20-11-6-4-5-7-12-20/h4-6,8-18,23,30H,3,7H2,1-2H3,(H2,28,31)/b25-19-,26-24+. The molecule has 5 heteroatoms. The van der Waals surface area contributed by atoms with E-state index in [0.717, 1.165) is 39.4 Å². The number of hydrogen-bond acceptors (Lipinski definition) is 4. The van der Waals surface area contributed by atoms with E-state index in [2.05, 4.69) is 66.1 Å². The number of rotatable bonds is 5. The normalized spacial score (nSPS) is 21.6. The lowest BCUT2D eigenvalue weighted by molar-refractivity contribution is 0.209. The first-order chi connectivity index (χ1) is 15.6. The minimum Gasteiger partial charge on any atom is -0.486 e. The first kappa shape index (κ1) is 21.4. The molecule has 4 rings (SSSR count). The number of aliphatic imine (C=N–C) groups is 1. The van der Waals surface area contributed by atoms with Crippen LogP contribution in [0.2, 0.25) is 0 Å². The molecule has 0 amide bonds. The molecule has 2 atom stereocenters. The fraction of sp³-hybridized carbons (Fsp3) is 0.185. The highest BCUT2D eigenvalue weighted by atomic mass is 16.5. The van der Waals surface area contributed by atoms with Gasteiger partial charge in [0.1, 0.15) is 11.9 Å². The second kappa shape index (κ2) is 9.52. The van der Waals surface area contributed by atoms with Crippen LogP contribution in [-0.4, -0.2) is 23.0 Å². The van der Waals surface area contributed by atoms with E-state index in [1.54, 1.807) is 0 Å². The van der Waals surface area contributed by atoms with Gasteiger partial charge in [0, 0.05) is 11.5 Å². The zero-order chi connectivity index (χ0) is 22.5. The smallest absolute Gasteiger partial charge is 0.155 e. The van der Waals surface area contributed by atoms with Gasteiger partial charge in [-0.3, -0.25) is 10.1 Å². The summed E-state index contributed by atoms with van der Waals surface area (Å²) in [6, 6.07) is 7.86. The molecule has 162 valence electrons. The minimum absolute atomic E-state index is 0.0237. The molecule has 0 aliphatic heterocycles. The number of nitrogen functional groups attached to an aromatic ring is 1. The predicted molar refractivity (Wildman–Crippen MR) is 133 cm³/mol. The molecule has 0 saturated heterocycles. The van der Waals surface area contributed by atoms with Gasteiger partial charge in [-0.15, -0.1) is 0 Å². The fourth-order valence-corrected chi connectivity index (χ4v) is 3.88. The highest BCUT2D eigenvalue weighted by Gasteiger charge is 2.16. The van der Waals surface area contributed by atoms with Gasteiger partial charge < -0.3 is 10.5 Å². The Kier molecular flexibility index (Phi) is 6.36. The van der Waals surface area contributed by atoms with Gasteiger partial charge in [-0.25, -0.2) is 0 Å². The van der Waals surface area contributed by atoms with E-state index in [-0.39, 0.29) is 6.10 Å². The average Bonchev–Trinajstić information content (AvgIpc) is 3.01. The largest absolute Gasteiger partial charge is 0.486 e. The van der Waals surface area contributed by atoms with E-state index >= 15 is 0 Å². The summed E-state index contributed by atoms with van der Waals surface area (Å²) in [5.41, 5.74) is 10.0. The number of hydrogen-bond donors (Lipinski definition) is 2. The molecular weight excluding hydrogens is 396 g/mol. The molecule has 0 saturated carbocycles. The Hall–Kier alpha value is -3.86. The molecule has 1 aromatic carbocycles. The van der Waals surface area contributed by atoms with Gasteiger partial charge in [0.15, 0.2) is 5.82 Å². The lowest BCUT2D eigenvalue weighted by atomic mass is 10.00. The van der Waals surface area contributed by atoms with Gasteiger partial charge in [-0.1, -0.05) is 55.5 Å². The molecule has 0 bridgehead atoms. The van der Waals surface area contributed by atoms with Crippen molar-refractivity contribution in [1.82, 2.24) is 10.2 Å². The van der Waals surface area contributed by atoms with E-state index in [1.807, 2.05) is 48.6 Å². The van der Waals surface area contributed by atoms with Crippen LogP contribution in [0.15, 0.2) is 89.5 Å². The number of nitrogens with zero attached hydrogens (tertiary/aromatic N) is 2. The van der Waals surface area contributed by atoms with Crippen molar-refractivity contribution in [1.29, 1.82) is 0 Å². The van der Waals surface area contributed by atoms with Crippen molar-refractivity contribution in [3.8, 4) is 5.75 Å². The second-order valence-electron chi connectivity index (χ2n) is 7.91. The third-order valence-electron chi connectivity index (χ3n) is 5.74. The number of H-pyrrole nitrogens is 1. The maximum Gasteiger partial charge on any atom is 0.155 e. The van der Waals surface area contributed by atoms with Crippen LogP contribution in [0.1, 0.15) is 25.8 Å². The maximum atomic E-state index is 6.27. The number of allylic oxidation sites excluding steroid dienone is 8. The van der Waals surface area contributed by atoms with Crippen molar-refractivity contribution < 1.29 is 4.74 Å². The molecule has 2 unspecified atom stereocenters. The first-order valence-electron chi connectivity index (χ1n) is 10.8. The predicted octanol–water partition coefficient (Wildman–Crippen LogP) is 3.97. The summed E-state index contributed by atoms with van der Waals surface area (Å²) in [5.74, 6) is 1.52. The highest BCUT2D eigenvalue weighted by Crippen LogP contribution is 2.23. The molecule has 3 N–H and O–H groups in total. The van der Waals surface area contributed by atoms with Crippen LogP contribution in [0.5, 0.6) is 5.75 Å². The van der Waals surface area contributed by atoms with Gasteiger partial charge in [0.05, 0.1) is 16.3 Å². The summed E-state index contributed by atoms with van der Waals surface area (Å²) in [6.07, 6.45) is 19.6. The Labute approximate surface area is 188 Å². The number of ether oxygens (including phenoxy) is 1. The van der Waals surface area contributed by atoms with Crippen LogP contribution in [-0.2, 0) is 0 Å². The van der Waals surface area contributed by atoms with Gasteiger partial charge in [0.25, 0.3) is 0 Å². The van der Waals surface area contributed by atoms with E-state index in [9.17, 15) is 0 Å². The van der Waals surface area contributed by atoms with Gasteiger partial charge in [0.2, 0.25) is 0 Å². The Morgan fingerprint density at radius 1 is 1.16 bits per heavy atom. The SMILES string of the molecule is C=N/C(c1ccc(OC2C=CC=CC2C)cc1)=c1/c(N)n[nH]/c1=C(/C)C1=CCC=CC=C1. The number of benzene rings is 1. The number of anilines is 1. The van der Waals surface area contributed by atoms with Gasteiger partial charge >= 0.3 is 0 Å². The Morgan fingerprint density at radius 2 is 1.94 bits per heavy atom. The Bertz CT molecular complexity index is 1270. The number of nitrogens with one attached hydrogen (secondary N) is 1. The molecule has 0 fully saturated rings. The van der Waals surface area contributed by atoms with Crippen molar-refractivity contribution in [2.75, 3.05) is 5.73 Å². The van der Waals surface area contributed by atoms with Crippen LogP contribution in [0.4, 0.5) is 5.82 Å². The van der Waals surface area contributed by atoms with Crippen LogP contribution >= 0.6 is 0 Å². The summed E-state index contributed by atoms with van der Waals surface area (Å²) in [6.45, 7) is 8.01. The van der Waals surface area contributed by atoms with E-state index in [1.165, 1.54) is 0 Å². The van der Waals surface area contributed by atoms with Crippen molar-refractivity contribution in [3.63, 3.8) is 0 Å². The summed E-state index contributed by atoms with van der Waals surface area (Å²) in [5, 5.41) is 8.96. The summed E-state index contributed by atoms with van der Waals surface area (Å²) in [7, 11) is 0. The van der Waals surface area contributed by atoms with E-state index < -0.39 is 0 Å². The molecule has 2 aliphatic rings. The van der Waals surface area contributed by atoms with Crippen molar-refractivity contribution in [3.05, 3.63) is 101 Å². The van der Waals surface area contributed by atoms with Gasteiger partial charge in [-0.05, 0) is 61.5 Å². The molecule has 32 heavy (non-hydrogen) atoms. The molecule has 0 spiro atoms. The van der Waals surface area contributed by atoms with E-state index in [4.69, 9.17) is 10.5 Å². The zero-order valence-corrected chi connectivity index (χ0v) is 18.5. The zero-order valence-electron chi connectivity index (χ0n) is 18.5. The molecule has 2 aromatic rings. The third kappa shape index (κ3) is 4.42. The highest BCUT2D eigenvalue weighted by molar-refractivity contribution is 5.73. The summed E-state index contributed by atoms with van der Waals surface area (Å²) in [4.78, 5) is 4.33. The first-order valence-corrected chi connectivity index (χ1v) is 10.8. The quantitative estimate of drug-likeness (QED) is 0.713. The Morgan fingerprint density at radius 3 is 2.69 bits per heavy atom. The maximum absolute atomic E-state index is 6.27. The summed E-state index contributed by atoms with van der Waals surface area (Å²) < 4.78 is 6.14. The van der Waals surface area contributed by atoms with Crippen LogP contribution < -0.4 is 21.0 Å². The van der Waals surface area contributed by atoms with Crippen molar-refractivity contribution >= 4 is 23.8 Å². The lowest BCUT2D eigenvalue weighted by Gasteiger charge is -2.22. The third-order valence-corrected chi connectivity index (χ3v) is 5.74. The molecule has 5 nitrogen and oxygen atoms in total. The summed E-state index contributed by atoms with van der Waals surface area (Å²) >= 11 is 0. The second-order valence-corrected chi connectivity index (χ2v) is 7.91. The molecule has 1 aromatic heterocycles. The fourth-order valence-electron chi connectivity index (χ4n) is 3.88. The topological polar surface area (TPSA) is 76.3 Å².